The normalized spacial score (nSPS) is 10.3. The highest BCUT2D eigenvalue weighted by atomic mass is 79.9. The first-order chi connectivity index (χ1) is 7.18. The van der Waals surface area contributed by atoms with E-state index < -0.39 is 11.6 Å². The zero-order chi connectivity index (χ0) is 10.8. The van der Waals surface area contributed by atoms with E-state index in [0.29, 0.717) is 0 Å². The fourth-order valence-electron chi connectivity index (χ4n) is 1.09. The van der Waals surface area contributed by atoms with Crippen LogP contribution in [-0.4, -0.2) is 15.0 Å². The first kappa shape index (κ1) is 10.1. The van der Waals surface area contributed by atoms with E-state index >= 15 is 0 Å². The van der Waals surface area contributed by atoms with Crippen molar-refractivity contribution in [2.45, 2.75) is 0 Å². The Morgan fingerprint density at radius 3 is 2.67 bits per heavy atom. The molecule has 76 valence electrons. The van der Waals surface area contributed by atoms with Gasteiger partial charge in [0.15, 0.2) is 5.82 Å². The van der Waals surface area contributed by atoms with E-state index in [1.54, 1.807) is 0 Å². The second-order valence-electron chi connectivity index (χ2n) is 2.72. The smallest absolute Gasteiger partial charge is 0.182 e. The molecule has 0 radical (unpaired) electrons. The van der Waals surface area contributed by atoms with Crippen molar-refractivity contribution in [2.75, 3.05) is 0 Å². The highest BCUT2D eigenvalue weighted by molar-refractivity contribution is 9.10. The van der Waals surface area contributed by atoms with Gasteiger partial charge >= 0.3 is 0 Å². The van der Waals surface area contributed by atoms with Crippen molar-refractivity contribution in [2.24, 2.45) is 0 Å². The van der Waals surface area contributed by atoms with Crippen LogP contribution < -0.4 is 0 Å². The van der Waals surface area contributed by atoms with Crippen molar-refractivity contribution >= 4 is 15.9 Å². The van der Waals surface area contributed by atoms with Crippen LogP contribution in [0, 0.1) is 11.6 Å². The summed E-state index contributed by atoms with van der Waals surface area (Å²) in [4.78, 5) is 10.9. The van der Waals surface area contributed by atoms with Gasteiger partial charge in [-0.3, -0.25) is 4.98 Å². The van der Waals surface area contributed by atoms with Gasteiger partial charge in [-0.2, -0.15) is 0 Å². The number of nitrogens with zero attached hydrogens (tertiary/aromatic N) is 3. The Balaban J connectivity index is 2.59. The minimum atomic E-state index is -0.634. The number of aromatic nitrogens is 3. The van der Waals surface area contributed by atoms with Gasteiger partial charge < -0.3 is 0 Å². The lowest BCUT2D eigenvalue weighted by Crippen LogP contribution is -1.94. The lowest BCUT2D eigenvalue weighted by Gasteiger charge is -2.02. The summed E-state index contributed by atoms with van der Waals surface area (Å²) in [5.74, 6) is -1.17. The Morgan fingerprint density at radius 2 is 1.93 bits per heavy atom. The van der Waals surface area contributed by atoms with Crippen LogP contribution in [0.4, 0.5) is 8.78 Å². The molecular formula is C9H4BrF2N3. The molecule has 0 atom stereocenters. The summed E-state index contributed by atoms with van der Waals surface area (Å²) in [6, 6.07) is 1.16. The van der Waals surface area contributed by atoms with Crippen LogP contribution in [0.5, 0.6) is 0 Å². The standard InChI is InChI=1S/C9H4BrF2N3/c10-9-7(12)8(14-4-15-9)5-1-6(11)3-13-2-5/h1-4H. The zero-order valence-corrected chi connectivity index (χ0v) is 8.87. The molecule has 0 aliphatic rings. The minimum Gasteiger partial charge on any atom is -0.261 e. The Kier molecular flexibility index (Phi) is 2.68. The Hall–Kier alpha value is -1.43. The van der Waals surface area contributed by atoms with Gasteiger partial charge in [0.05, 0.1) is 6.20 Å². The van der Waals surface area contributed by atoms with Gasteiger partial charge in [0, 0.05) is 11.8 Å². The maximum absolute atomic E-state index is 13.5. The summed E-state index contributed by atoms with van der Waals surface area (Å²) in [7, 11) is 0. The number of hydrogen-bond acceptors (Lipinski definition) is 3. The lowest BCUT2D eigenvalue weighted by atomic mass is 10.2. The van der Waals surface area contributed by atoms with Crippen molar-refractivity contribution in [1.82, 2.24) is 15.0 Å². The van der Waals surface area contributed by atoms with Crippen LogP contribution in [-0.2, 0) is 0 Å². The van der Waals surface area contributed by atoms with Crippen molar-refractivity contribution in [3.05, 3.63) is 41.0 Å². The maximum atomic E-state index is 13.5. The van der Waals surface area contributed by atoms with E-state index in [2.05, 4.69) is 30.9 Å². The van der Waals surface area contributed by atoms with E-state index in [0.717, 1.165) is 12.3 Å². The third-order valence-corrected chi connectivity index (χ3v) is 2.28. The number of hydrogen-bond donors (Lipinski definition) is 0. The van der Waals surface area contributed by atoms with Gasteiger partial charge in [-0.05, 0) is 22.0 Å². The molecule has 0 N–H and O–H groups in total. The largest absolute Gasteiger partial charge is 0.261 e. The Morgan fingerprint density at radius 1 is 1.13 bits per heavy atom. The maximum Gasteiger partial charge on any atom is 0.182 e. The molecule has 0 aliphatic heterocycles. The lowest BCUT2D eigenvalue weighted by molar-refractivity contribution is 0.606. The first-order valence-corrected chi connectivity index (χ1v) is 4.74. The van der Waals surface area contributed by atoms with Crippen LogP contribution in [0.3, 0.4) is 0 Å². The molecule has 0 aliphatic carbocycles. The average Bonchev–Trinajstić information content (AvgIpc) is 2.22. The molecule has 2 aromatic rings. The van der Waals surface area contributed by atoms with E-state index in [1.807, 2.05) is 0 Å². The van der Waals surface area contributed by atoms with E-state index in [-0.39, 0.29) is 15.9 Å². The van der Waals surface area contributed by atoms with Gasteiger partial charge in [0.25, 0.3) is 0 Å². The first-order valence-electron chi connectivity index (χ1n) is 3.95. The number of pyridine rings is 1. The van der Waals surface area contributed by atoms with Crippen LogP contribution in [0.25, 0.3) is 11.3 Å². The molecule has 15 heavy (non-hydrogen) atoms. The predicted molar refractivity (Wildman–Crippen MR) is 52.9 cm³/mol. The van der Waals surface area contributed by atoms with Crippen LogP contribution in [0.1, 0.15) is 0 Å². The molecule has 0 saturated carbocycles. The SMILES string of the molecule is Fc1cncc(-c2ncnc(Br)c2F)c1. The highest BCUT2D eigenvalue weighted by Gasteiger charge is 2.11. The zero-order valence-electron chi connectivity index (χ0n) is 7.28. The molecule has 0 fully saturated rings. The second-order valence-corrected chi connectivity index (χ2v) is 3.47. The predicted octanol–water partition coefficient (Wildman–Crippen LogP) is 2.58. The molecule has 0 spiro atoms. The summed E-state index contributed by atoms with van der Waals surface area (Å²) in [6.45, 7) is 0. The van der Waals surface area contributed by atoms with Crippen molar-refractivity contribution in [3.8, 4) is 11.3 Å². The average molecular weight is 272 g/mol. The van der Waals surface area contributed by atoms with Gasteiger partial charge in [-0.1, -0.05) is 0 Å². The third kappa shape index (κ3) is 1.99. The molecule has 0 aromatic carbocycles. The van der Waals surface area contributed by atoms with Gasteiger partial charge in [0.1, 0.15) is 22.4 Å². The topological polar surface area (TPSA) is 38.7 Å². The van der Waals surface area contributed by atoms with E-state index in [1.165, 1.54) is 12.5 Å². The highest BCUT2D eigenvalue weighted by Crippen LogP contribution is 2.23. The molecule has 0 bridgehead atoms. The number of halogens is 3. The molecule has 2 heterocycles. The van der Waals surface area contributed by atoms with Gasteiger partial charge in [0.2, 0.25) is 0 Å². The fraction of sp³-hybridized carbons (Fsp3) is 0. The summed E-state index contributed by atoms with van der Waals surface area (Å²) in [6.07, 6.45) is 3.56. The quantitative estimate of drug-likeness (QED) is 0.749. The fourth-order valence-corrected chi connectivity index (χ4v) is 1.37. The summed E-state index contributed by atoms with van der Waals surface area (Å²) in [5.41, 5.74) is 0.291. The van der Waals surface area contributed by atoms with Crippen LogP contribution in [0.2, 0.25) is 0 Å². The minimum absolute atomic E-state index is 0.0175. The molecular weight excluding hydrogens is 268 g/mol. The molecule has 0 amide bonds. The Bertz CT molecular complexity index is 504. The summed E-state index contributed by atoms with van der Waals surface area (Å²) >= 11 is 2.92. The van der Waals surface area contributed by atoms with Gasteiger partial charge in [-0.15, -0.1) is 0 Å². The second kappa shape index (κ2) is 3.98. The molecule has 0 unspecified atom stereocenters. The molecule has 3 nitrogen and oxygen atoms in total. The van der Waals surface area contributed by atoms with Crippen molar-refractivity contribution < 1.29 is 8.78 Å². The molecule has 0 saturated heterocycles. The summed E-state index contributed by atoms with van der Waals surface area (Å²) < 4.78 is 26.4. The van der Waals surface area contributed by atoms with Gasteiger partial charge in [-0.25, -0.2) is 18.7 Å². The molecule has 6 heteroatoms. The Labute approximate surface area is 92.3 Å². The number of rotatable bonds is 1. The van der Waals surface area contributed by atoms with Crippen LogP contribution in [0.15, 0.2) is 29.4 Å². The van der Waals surface area contributed by atoms with Crippen molar-refractivity contribution in [3.63, 3.8) is 0 Å². The monoisotopic (exact) mass is 271 g/mol. The third-order valence-electron chi connectivity index (χ3n) is 1.73. The van der Waals surface area contributed by atoms with E-state index in [4.69, 9.17) is 0 Å². The van der Waals surface area contributed by atoms with Crippen molar-refractivity contribution in [1.29, 1.82) is 0 Å². The summed E-state index contributed by atoms with van der Waals surface area (Å²) in [5, 5.41) is 0. The molecule has 2 aromatic heterocycles. The molecule has 2 rings (SSSR count). The van der Waals surface area contributed by atoms with Crippen LogP contribution >= 0.6 is 15.9 Å². The van der Waals surface area contributed by atoms with E-state index in [9.17, 15) is 8.78 Å².